The number of nitrogens with zero attached hydrogens (tertiary/aromatic N) is 1. The summed E-state index contributed by atoms with van der Waals surface area (Å²) in [5, 5.41) is 12.4. The molecule has 0 aromatic heterocycles. The number of rotatable bonds is 13. The summed E-state index contributed by atoms with van der Waals surface area (Å²) < 4.78 is 18.5. The number of hydrogen-bond acceptors (Lipinski definition) is 7. The third kappa shape index (κ3) is 8.96. The number of carbonyl (C=O) groups excluding carboxylic acids is 2. The van der Waals surface area contributed by atoms with Gasteiger partial charge >= 0.3 is 5.97 Å². The predicted octanol–water partition coefficient (Wildman–Crippen LogP) is 6.64. The van der Waals surface area contributed by atoms with Crippen molar-refractivity contribution >= 4 is 11.9 Å². The lowest BCUT2D eigenvalue weighted by Gasteiger charge is -2.43. The third-order valence-electron chi connectivity index (χ3n) is 9.36. The summed E-state index contributed by atoms with van der Waals surface area (Å²) in [6.45, 7) is 11.1. The minimum Gasteiger partial charge on any atom is -0.453 e. The maximum absolute atomic E-state index is 12.3. The zero-order chi connectivity index (χ0) is 33.3. The van der Waals surface area contributed by atoms with Gasteiger partial charge in [-0.2, -0.15) is 0 Å². The fraction of sp³-hybridized carbons (Fsp3) is 0.436. The fourth-order valence-electron chi connectivity index (χ4n) is 6.70. The first kappa shape index (κ1) is 34.5. The highest BCUT2D eigenvalue weighted by molar-refractivity contribution is 5.82. The van der Waals surface area contributed by atoms with Crippen LogP contribution in [0.25, 0.3) is 11.1 Å². The Kier molecular flexibility index (Phi) is 12.0. The SMILES string of the molecule is C=CCN(CC1OC(c2ccc(-c3cccc(CNC(=O)C(C)OC(C)=O)c3)cc2)OC(c2ccc(CO)cc2)C1C)C1CCCC1. The molecular formula is C39H48N2O6. The van der Waals surface area contributed by atoms with Crippen LogP contribution in [0, 0.1) is 5.92 Å². The number of ether oxygens (including phenoxy) is 3. The second kappa shape index (κ2) is 16.3. The molecule has 0 radical (unpaired) electrons. The fourth-order valence-corrected chi connectivity index (χ4v) is 6.70. The van der Waals surface area contributed by atoms with Crippen molar-refractivity contribution in [2.75, 3.05) is 13.1 Å². The van der Waals surface area contributed by atoms with Crippen molar-refractivity contribution in [1.29, 1.82) is 0 Å². The molecule has 1 amide bonds. The van der Waals surface area contributed by atoms with E-state index in [0.29, 0.717) is 12.6 Å². The molecule has 1 saturated heterocycles. The molecule has 1 saturated carbocycles. The summed E-state index contributed by atoms with van der Waals surface area (Å²) in [4.78, 5) is 26.0. The van der Waals surface area contributed by atoms with E-state index in [9.17, 15) is 14.7 Å². The van der Waals surface area contributed by atoms with Crippen LogP contribution >= 0.6 is 0 Å². The molecule has 5 atom stereocenters. The largest absolute Gasteiger partial charge is 0.453 e. The molecule has 1 aliphatic heterocycles. The number of aliphatic hydroxyl groups is 1. The van der Waals surface area contributed by atoms with Gasteiger partial charge < -0.3 is 24.6 Å². The number of amides is 1. The molecule has 1 heterocycles. The van der Waals surface area contributed by atoms with Crippen molar-refractivity contribution in [3.05, 3.63) is 108 Å². The molecule has 47 heavy (non-hydrogen) atoms. The van der Waals surface area contributed by atoms with E-state index in [4.69, 9.17) is 14.2 Å². The van der Waals surface area contributed by atoms with E-state index >= 15 is 0 Å². The first-order chi connectivity index (χ1) is 22.7. The zero-order valence-electron chi connectivity index (χ0n) is 27.8. The van der Waals surface area contributed by atoms with Crippen LogP contribution in [0.4, 0.5) is 0 Å². The quantitative estimate of drug-likeness (QED) is 0.160. The molecule has 0 bridgehead atoms. The van der Waals surface area contributed by atoms with Gasteiger partial charge in [-0.25, -0.2) is 0 Å². The van der Waals surface area contributed by atoms with Crippen LogP contribution in [0.2, 0.25) is 0 Å². The van der Waals surface area contributed by atoms with Crippen molar-refractivity contribution in [3.8, 4) is 11.1 Å². The highest BCUT2D eigenvalue weighted by atomic mass is 16.7. The van der Waals surface area contributed by atoms with Crippen molar-refractivity contribution < 1.29 is 28.9 Å². The van der Waals surface area contributed by atoms with Crippen LogP contribution in [0.1, 0.15) is 81.1 Å². The topological polar surface area (TPSA) is 97.3 Å². The minimum absolute atomic E-state index is 0.00675. The molecule has 2 N–H and O–H groups in total. The van der Waals surface area contributed by atoms with Crippen molar-refractivity contribution in [2.45, 2.75) is 90.2 Å². The Labute approximate surface area is 278 Å². The molecule has 8 nitrogen and oxygen atoms in total. The van der Waals surface area contributed by atoms with Gasteiger partial charge in [0.25, 0.3) is 5.91 Å². The Hall–Kier alpha value is -3.82. The second-order valence-electron chi connectivity index (χ2n) is 12.8. The monoisotopic (exact) mass is 640 g/mol. The van der Waals surface area contributed by atoms with E-state index in [2.05, 4.69) is 60.1 Å². The number of hydrogen-bond donors (Lipinski definition) is 2. The number of benzene rings is 3. The normalized spacial score (nSPS) is 22.1. The van der Waals surface area contributed by atoms with Crippen LogP contribution in [-0.2, 0) is 37.0 Å². The summed E-state index contributed by atoms with van der Waals surface area (Å²) in [6, 6.07) is 24.8. The molecular weight excluding hydrogens is 592 g/mol. The summed E-state index contributed by atoms with van der Waals surface area (Å²) in [7, 11) is 0. The van der Waals surface area contributed by atoms with Crippen LogP contribution < -0.4 is 5.32 Å². The van der Waals surface area contributed by atoms with Gasteiger partial charge in [0.2, 0.25) is 0 Å². The van der Waals surface area contributed by atoms with E-state index in [-0.39, 0.29) is 30.6 Å². The Bertz CT molecular complexity index is 1480. The molecule has 3 aromatic carbocycles. The van der Waals surface area contributed by atoms with Crippen molar-refractivity contribution in [2.24, 2.45) is 5.92 Å². The van der Waals surface area contributed by atoms with Crippen molar-refractivity contribution in [1.82, 2.24) is 10.2 Å². The number of aliphatic hydroxyl groups excluding tert-OH is 1. The van der Waals surface area contributed by atoms with E-state index in [1.807, 2.05) is 42.5 Å². The van der Waals surface area contributed by atoms with Gasteiger partial charge in [-0.05, 0) is 53.6 Å². The van der Waals surface area contributed by atoms with Gasteiger partial charge in [-0.1, -0.05) is 92.6 Å². The highest BCUT2D eigenvalue weighted by Gasteiger charge is 2.40. The highest BCUT2D eigenvalue weighted by Crippen LogP contribution is 2.42. The first-order valence-corrected chi connectivity index (χ1v) is 16.8. The molecule has 0 spiro atoms. The van der Waals surface area contributed by atoms with Crippen LogP contribution in [0.5, 0.6) is 0 Å². The third-order valence-corrected chi connectivity index (χ3v) is 9.36. The van der Waals surface area contributed by atoms with Gasteiger partial charge in [0.15, 0.2) is 12.4 Å². The predicted molar refractivity (Wildman–Crippen MR) is 182 cm³/mol. The summed E-state index contributed by atoms with van der Waals surface area (Å²) >= 11 is 0. The van der Waals surface area contributed by atoms with Gasteiger partial charge in [-0.3, -0.25) is 14.5 Å². The summed E-state index contributed by atoms with van der Waals surface area (Å²) in [5.41, 5.74) is 5.89. The molecule has 8 heteroatoms. The first-order valence-electron chi connectivity index (χ1n) is 16.8. The smallest absolute Gasteiger partial charge is 0.303 e. The van der Waals surface area contributed by atoms with Gasteiger partial charge in [0.05, 0.1) is 18.8 Å². The Morgan fingerprint density at radius 3 is 2.36 bits per heavy atom. The maximum atomic E-state index is 12.3. The number of esters is 1. The molecule has 2 aliphatic rings. The van der Waals surface area contributed by atoms with Gasteiger partial charge in [0, 0.05) is 44.1 Å². The van der Waals surface area contributed by atoms with Crippen LogP contribution in [0.15, 0.2) is 85.5 Å². The lowest BCUT2D eigenvalue weighted by molar-refractivity contribution is -0.276. The number of nitrogens with one attached hydrogen (secondary N) is 1. The molecule has 1 aliphatic carbocycles. The standard InChI is InChI=1S/C39H48N2O6/c1-5-21-41(35-11-6-7-12-35)24-36-26(2)37(32-15-13-29(25-42)14-16-32)47-39(46-36)33-19-17-31(18-20-33)34-10-8-9-30(22-34)23-40-38(44)27(3)45-28(4)43/h5,8-10,13-20,22,26-27,35-37,39,42H,1,6-7,11-12,21,23-25H2,2-4H3,(H,40,44). The lowest BCUT2D eigenvalue weighted by atomic mass is 9.89. The van der Waals surface area contributed by atoms with Crippen LogP contribution in [-0.4, -0.2) is 53.2 Å². The second-order valence-corrected chi connectivity index (χ2v) is 12.8. The van der Waals surface area contributed by atoms with E-state index in [1.54, 1.807) is 6.92 Å². The Morgan fingerprint density at radius 1 is 1.00 bits per heavy atom. The van der Waals surface area contributed by atoms with Crippen molar-refractivity contribution in [3.63, 3.8) is 0 Å². The minimum atomic E-state index is -0.845. The van der Waals surface area contributed by atoms with E-state index in [1.165, 1.54) is 32.6 Å². The van der Waals surface area contributed by atoms with Crippen LogP contribution in [0.3, 0.4) is 0 Å². The Balaban J connectivity index is 1.33. The summed E-state index contributed by atoms with van der Waals surface area (Å²) in [5.74, 6) is -0.717. The van der Waals surface area contributed by atoms with Gasteiger partial charge in [0.1, 0.15) is 0 Å². The lowest BCUT2D eigenvalue weighted by Crippen LogP contribution is -2.47. The summed E-state index contributed by atoms with van der Waals surface area (Å²) in [6.07, 6.45) is 5.35. The zero-order valence-corrected chi connectivity index (χ0v) is 27.8. The molecule has 5 rings (SSSR count). The molecule has 3 aromatic rings. The average Bonchev–Trinajstić information content (AvgIpc) is 3.63. The van der Waals surface area contributed by atoms with Gasteiger partial charge in [-0.15, -0.1) is 6.58 Å². The molecule has 250 valence electrons. The molecule has 5 unspecified atom stereocenters. The average molecular weight is 641 g/mol. The van der Waals surface area contributed by atoms with E-state index < -0.39 is 18.4 Å². The Morgan fingerprint density at radius 2 is 1.70 bits per heavy atom. The number of carbonyl (C=O) groups is 2. The van der Waals surface area contributed by atoms with E-state index in [0.717, 1.165) is 46.5 Å². The maximum Gasteiger partial charge on any atom is 0.303 e. The molecule has 2 fully saturated rings.